The molecule has 0 saturated heterocycles. The highest BCUT2D eigenvalue weighted by molar-refractivity contribution is 5.95. The summed E-state index contributed by atoms with van der Waals surface area (Å²) in [6, 6.07) is 15.1. The lowest BCUT2D eigenvalue weighted by molar-refractivity contribution is -0.136. The molecular formula is C20H22N2O3. The van der Waals surface area contributed by atoms with Crippen LogP contribution >= 0.6 is 0 Å². The van der Waals surface area contributed by atoms with Crippen LogP contribution in [-0.4, -0.2) is 34.5 Å². The van der Waals surface area contributed by atoms with Gasteiger partial charge in [0.25, 0.3) is 0 Å². The second-order valence-electron chi connectivity index (χ2n) is 6.38. The Balaban J connectivity index is 1.69. The van der Waals surface area contributed by atoms with Crippen LogP contribution in [0, 0.1) is 0 Å². The Morgan fingerprint density at radius 3 is 2.56 bits per heavy atom. The van der Waals surface area contributed by atoms with Crippen molar-refractivity contribution in [1.29, 1.82) is 0 Å². The highest BCUT2D eigenvalue weighted by Gasteiger charge is 2.25. The van der Waals surface area contributed by atoms with Gasteiger partial charge >= 0.3 is 5.97 Å². The van der Waals surface area contributed by atoms with Gasteiger partial charge in [-0.1, -0.05) is 42.5 Å². The number of hydrogen-bond acceptors (Lipinski definition) is 3. The van der Waals surface area contributed by atoms with Gasteiger partial charge in [-0.15, -0.1) is 0 Å². The minimum Gasteiger partial charge on any atom is -0.481 e. The van der Waals surface area contributed by atoms with E-state index in [9.17, 15) is 9.59 Å². The van der Waals surface area contributed by atoms with Crippen LogP contribution in [-0.2, 0) is 29.0 Å². The maximum atomic E-state index is 12.7. The monoisotopic (exact) mass is 338 g/mol. The number of rotatable bonds is 5. The lowest BCUT2D eigenvalue weighted by Crippen LogP contribution is -2.44. The predicted octanol–water partition coefficient (Wildman–Crippen LogP) is 2.70. The number of benzene rings is 2. The molecule has 3 rings (SSSR count). The lowest BCUT2D eigenvalue weighted by atomic mass is 9.98. The first-order valence-corrected chi connectivity index (χ1v) is 8.46. The fourth-order valence-corrected chi connectivity index (χ4v) is 3.21. The fraction of sp³-hybridized carbons (Fsp3) is 0.300. The number of anilines is 1. The van der Waals surface area contributed by atoms with E-state index in [2.05, 4.69) is 22.3 Å². The molecule has 130 valence electrons. The third kappa shape index (κ3) is 4.06. The van der Waals surface area contributed by atoms with E-state index in [-0.39, 0.29) is 18.4 Å². The number of amides is 1. The summed E-state index contributed by atoms with van der Waals surface area (Å²) in [5.74, 6) is -1.03. The summed E-state index contributed by atoms with van der Waals surface area (Å²) in [5, 5.41) is 11.9. The quantitative estimate of drug-likeness (QED) is 0.879. The summed E-state index contributed by atoms with van der Waals surface area (Å²) in [6.07, 6.45) is 0.825. The van der Waals surface area contributed by atoms with Gasteiger partial charge in [0.15, 0.2) is 0 Å². The molecule has 1 heterocycles. The van der Waals surface area contributed by atoms with Gasteiger partial charge in [-0.3, -0.25) is 14.5 Å². The van der Waals surface area contributed by atoms with Gasteiger partial charge in [0.05, 0.1) is 12.5 Å². The molecule has 1 aliphatic rings. The van der Waals surface area contributed by atoms with Gasteiger partial charge in [-0.25, -0.2) is 0 Å². The van der Waals surface area contributed by atoms with Crippen LogP contribution < -0.4 is 5.32 Å². The number of para-hydroxylation sites is 1. The Hall–Kier alpha value is -2.66. The van der Waals surface area contributed by atoms with Crippen molar-refractivity contribution in [3.63, 3.8) is 0 Å². The van der Waals surface area contributed by atoms with Crippen LogP contribution in [0.4, 0.5) is 5.69 Å². The second kappa shape index (κ2) is 7.49. The van der Waals surface area contributed by atoms with E-state index in [1.54, 1.807) is 24.3 Å². The minimum atomic E-state index is -0.914. The number of aliphatic carboxylic acids is 1. The van der Waals surface area contributed by atoms with E-state index in [4.69, 9.17) is 5.11 Å². The topological polar surface area (TPSA) is 69.6 Å². The first kappa shape index (κ1) is 17.2. The van der Waals surface area contributed by atoms with Crippen LogP contribution in [0.25, 0.3) is 0 Å². The number of hydrogen-bond donors (Lipinski definition) is 2. The predicted molar refractivity (Wildman–Crippen MR) is 96.4 cm³/mol. The van der Waals surface area contributed by atoms with E-state index in [0.717, 1.165) is 19.5 Å². The van der Waals surface area contributed by atoms with E-state index < -0.39 is 5.97 Å². The molecule has 1 atom stereocenters. The molecule has 1 aliphatic heterocycles. The molecule has 1 unspecified atom stereocenters. The van der Waals surface area contributed by atoms with Crippen LogP contribution in [0.3, 0.4) is 0 Å². The molecule has 25 heavy (non-hydrogen) atoms. The number of carboxylic acids is 1. The molecule has 0 spiro atoms. The van der Waals surface area contributed by atoms with Crippen molar-refractivity contribution in [2.24, 2.45) is 0 Å². The Morgan fingerprint density at radius 1 is 1.12 bits per heavy atom. The van der Waals surface area contributed by atoms with Crippen molar-refractivity contribution in [2.45, 2.75) is 32.4 Å². The molecule has 2 aromatic rings. The van der Waals surface area contributed by atoms with E-state index in [1.165, 1.54) is 11.1 Å². The summed E-state index contributed by atoms with van der Waals surface area (Å²) in [7, 11) is 0. The van der Waals surface area contributed by atoms with Gasteiger partial charge in [0, 0.05) is 18.8 Å². The van der Waals surface area contributed by atoms with Crippen LogP contribution in [0.2, 0.25) is 0 Å². The summed E-state index contributed by atoms with van der Waals surface area (Å²) in [4.78, 5) is 25.8. The minimum absolute atomic E-state index is 0.109. The molecule has 0 bridgehead atoms. The van der Waals surface area contributed by atoms with Crippen LogP contribution in [0.1, 0.15) is 23.6 Å². The summed E-state index contributed by atoms with van der Waals surface area (Å²) >= 11 is 0. The van der Waals surface area contributed by atoms with Crippen molar-refractivity contribution >= 4 is 17.6 Å². The van der Waals surface area contributed by atoms with Gasteiger partial charge in [0.1, 0.15) is 0 Å². The molecule has 0 aromatic heterocycles. The third-order valence-electron chi connectivity index (χ3n) is 4.70. The molecule has 1 amide bonds. The first-order valence-electron chi connectivity index (χ1n) is 8.46. The molecular weight excluding hydrogens is 316 g/mol. The number of carbonyl (C=O) groups is 2. The third-order valence-corrected chi connectivity index (χ3v) is 4.70. The van der Waals surface area contributed by atoms with E-state index in [1.807, 2.05) is 19.1 Å². The number of carboxylic acid groups (broad SMARTS) is 1. The van der Waals surface area contributed by atoms with Gasteiger partial charge in [0.2, 0.25) is 5.91 Å². The van der Waals surface area contributed by atoms with Crippen molar-refractivity contribution in [3.05, 3.63) is 65.2 Å². The Morgan fingerprint density at radius 2 is 1.80 bits per heavy atom. The number of nitrogens with zero attached hydrogens (tertiary/aromatic N) is 1. The zero-order valence-electron chi connectivity index (χ0n) is 14.2. The highest BCUT2D eigenvalue weighted by Crippen LogP contribution is 2.22. The fourth-order valence-electron chi connectivity index (χ4n) is 3.21. The van der Waals surface area contributed by atoms with Crippen molar-refractivity contribution in [1.82, 2.24) is 4.90 Å². The molecule has 2 N–H and O–H groups in total. The standard InChI is InChI=1S/C20H22N2O3/c1-14(22-11-10-15-6-2-3-8-17(15)13-22)20(25)21-18-9-5-4-7-16(18)12-19(23)24/h2-9,14H,10-13H2,1H3,(H,21,25)(H,23,24). The smallest absolute Gasteiger partial charge is 0.307 e. The normalized spacial score (nSPS) is 15.2. The zero-order valence-corrected chi connectivity index (χ0v) is 14.2. The van der Waals surface area contributed by atoms with Crippen molar-refractivity contribution < 1.29 is 14.7 Å². The number of fused-ring (bicyclic) bond motifs is 1. The average molecular weight is 338 g/mol. The summed E-state index contributed by atoms with van der Waals surface area (Å²) in [5.41, 5.74) is 3.79. The molecule has 0 saturated carbocycles. The van der Waals surface area contributed by atoms with Gasteiger partial charge in [-0.05, 0) is 36.1 Å². The molecule has 0 aliphatic carbocycles. The van der Waals surface area contributed by atoms with Gasteiger partial charge < -0.3 is 10.4 Å². The largest absolute Gasteiger partial charge is 0.481 e. The van der Waals surface area contributed by atoms with E-state index in [0.29, 0.717) is 11.3 Å². The van der Waals surface area contributed by atoms with Crippen molar-refractivity contribution in [3.8, 4) is 0 Å². The SMILES string of the molecule is CC(C(=O)Nc1ccccc1CC(=O)O)N1CCc2ccccc2C1. The highest BCUT2D eigenvalue weighted by atomic mass is 16.4. The maximum Gasteiger partial charge on any atom is 0.307 e. The average Bonchev–Trinajstić information content (AvgIpc) is 2.62. The Labute approximate surface area is 147 Å². The Kier molecular flexibility index (Phi) is 5.14. The van der Waals surface area contributed by atoms with Crippen LogP contribution in [0.15, 0.2) is 48.5 Å². The first-order chi connectivity index (χ1) is 12.0. The lowest BCUT2D eigenvalue weighted by Gasteiger charge is -2.33. The zero-order chi connectivity index (χ0) is 17.8. The number of carbonyl (C=O) groups excluding carboxylic acids is 1. The van der Waals surface area contributed by atoms with Gasteiger partial charge in [-0.2, -0.15) is 0 Å². The van der Waals surface area contributed by atoms with E-state index >= 15 is 0 Å². The molecule has 5 nitrogen and oxygen atoms in total. The summed E-state index contributed by atoms with van der Waals surface area (Å²) < 4.78 is 0. The Bertz CT molecular complexity index is 788. The number of nitrogens with one attached hydrogen (secondary N) is 1. The second-order valence-corrected chi connectivity index (χ2v) is 6.38. The molecule has 0 fully saturated rings. The maximum absolute atomic E-state index is 12.7. The van der Waals surface area contributed by atoms with Crippen LogP contribution in [0.5, 0.6) is 0 Å². The molecule has 0 radical (unpaired) electrons. The summed E-state index contributed by atoms with van der Waals surface area (Å²) in [6.45, 7) is 3.48. The molecule has 2 aromatic carbocycles. The van der Waals surface area contributed by atoms with Crippen molar-refractivity contribution in [2.75, 3.05) is 11.9 Å². The molecule has 5 heteroatoms.